The summed E-state index contributed by atoms with van der Waals surface area (Å²) in [5.41, 5.74) is 1.85. The third kappa shape index (κ3) is 4.36. The number of ether oxygens (including phenoxy) is 1. The summed E-state index contributed by atoms with van der Waals surface area (Å²) < 4.78 is 5.73. The van der Waals surface area contributed by atoms with Crippen LogP contribution in [-0.4, -0.2) is 29.0 Å². The standard InChI is InChI=1S/C20H23NO3/c22-19(14-20(23)21-12-4-5-13-21)17-8-10-18(11-9-17)24-15-16-6-2-1-3-7-16/h1-3,6-11,19,22H,4-5,12-15H2/t19-/m1/s1. The van der Waals surface area contributed by atoms with E-state index in [9.17, 15) is 9.90 Å². The van der Waals surface area contributed by atoms with E-state index in [4.69, 9.17) is 4.74 Å². The van der Waals surface area contributed by atoms with E-state index < -0.39 is 6.10 Å². The quantitative estimate of drug-likeness (QED) is 0.886. The molecule has 1 aliphatic rings. The van der Waals surface area contributed by atoms with Crippen LogP contribution >= 0.6 is 0 Å². The van der Waals surface area contributed by atoms with E-state index in [1.54, 1.807) is 0 Å². The molecule has 126 valence electrons. The second kappa shape index (κ2) is 7.97. The zero-order valence-corrected chi connectivity index (χ0v) is 13.7. The predicted molar refractivity (Wildman–Crippen MR) is 92.6 cm³/mol. The number of rotatable bonds is 6. The summed E-state index contributed by atoms with van der Waals surface area (Å²) in [6, 6.07) is 17.3. The lowest BCUT2D eigenvalue weighted by atomic mass is 10.1. The molecular formula is C20H23NO3. The summed E-state index contributed by atoms with van der Waals surface area (Å²) >= 11 is 0. The van der Waals surface area contributed by atoms with Crippen LogP contribution in [0.3, 0.4) is 0 Å². The number of hydrogen-bond acceptors (Lipinski definition) is 3. The lowest BCUT2D eigenvalue weighted by molar-refractivity contribution is -0.132. The van der Waals surface area contributed by atoms with Crippen molar-refractivity contribution in [3.63, 3.8) is 0 Å². The molecule has 1 atom stereocenters. The molecule has 1 amide bonds. The topological polar surface area (TPSA) is 49.8 Å². The maximum Gasteiger partial charge on any atom is 0.225 e. The van der Waals surface area contributed by atoms with E-state index in [2.05, 4.69) is 0 Å². The van der Waals surface area contributed by atoms with Gasteiger partial charge in [-0.1, -0.05) is 42.5 Å². The SMILES string of the molecule is O=C(C[C@@H](O)c1ccc(OCc2ccccc2)cc1)N1CCCC1. The largest absolute Gasteiger partial charge is 0.489 e. The van der Waals surface area contributed by atoms with Crippen LogP contribution in [0.15, 0.2) is 54.6 Å². The number of amides is 1. The van der Waals surface area contributed by atoms with Gasteiger partial charge in [-0.25, -0.2) is 0 Å². The molecule has 1 N–H and O–H groups in total. The van der Waals surface area contributed by atoms with Crippen LogP contribution in [0.5, 0.6) is 5.75 Å². The lowest BCUT2D eigenvalue weighted by Gasteiger charge is -2.18. The van der Waals surface area contributed by atoms with Gasteiger partial charge in [-0.05, 0) is 36.1 Å². The lowest BCUT2D eigenvalue weighted by Crippen LogP contribution is -2.28. The Morgan fingerprint density at radius 1 is 1.04 bits per heavy atom. The van der Waals surface area contributed by atoms with Crippen molar-refractivity contribution >= 4 is 5.91 Å². The van der Waals surface area contributed by atoms with Crippen molar-refractivity contribution in [2.45, 2.75) is 32.0 Å². The summed E-state index contributed by atoms with van der Waals surface area (Å²) in [6.07, 6.45) is 1.51. The maximum atomic E-state index is 12.1. The Morgan fingerprint density at radius 2 is 1.71 bits per heavy atom. The number of carbonyl (C=O) groups is 1. The fraction of sp³-hybridized carbons (Fsp3) is 0.350. The highest BCUT2D eigenvalue weighted by molar-refractivity contribution is 5.77. The van der Waals surface area contributed by atoms with Gasteiger partial charge in [-0.2, -0.15) is 0 Å². The molecule has 4 nitrogen and oxygen atoms in total. The Labute approximate surface area is 142 Å². The molecule has 2 aromatic rings. The average Bonchev–Trinajstić information content (AvgIpc) is 3.16. The fourth-order valence-corrected chi connectivity index (χ4v) is 2.91. The van der Waals surface area contributed by atoms with Crippen molar-refractivity contribution < 1.29 is 14.6 Å². The first-order chi connectivity index (χ1) is 11.7. The van der Waals surface area contributed by atoms with E-state index in [0.29, 0.717) is 6.61 Å². The first-order valence-corrected chi connectivity index (χ1v) is 8.45. The van der Waals surface area contributed by atoms with Gasteiger partial charge in [-0.3, -0.25) is 4.79 Å². The van der Waals surface area contributed by atoms with Crippen LogP contribution in [0, 0.1) is 0 Å². The highest BCUT2D eigenvalue weighted by Gasteiger charge is 2.21. The molecule has 0 bridgehead atoms. The van der Waals surface area contributed by atoms with Crippen LogP contribution in [0.2, 0.25) is 0 Å². The van der Waals surface area contributed by atoms with Gasteiger partial charge in [0.25, 0.3) is 0 Å². The molecule has 0 aromatic heterocycles. The molecule has 0 unspecified atom stereocenters. The molecule has 3 rings (SSSR count). The zero-order chi connectivity index (χ0) is 16.8. The summed E-state index contributed by atoms with van der Waals surface area (Å²) in [6.45, 7) is 2.14. The van der Waals surface area contributed by atoms with Crippen molar-refractivity contribution in [2.24, 2.45) is 0 Å². The Balaban J connectivity index is 1.52. The molecule has 0 spiro atoms. The molecule has 1 heterocycles. The van der Waals surface area contributed by atoms with Crippen LogP contribution in [0.4, 0.5) is 0 Å². The molecule has 0 radical (unpaired) electrons. The zero-order valence-electron chi connectivity index (χ0n) is 13.7. The summed E-state index contributed by atoms with van der Waals surface area (Å²) in [5.74, 6) is 0.782. The fourth-order valence-electron chi connectivity index (χ4n) is 2.91. The Kier molecular flexibility index (Phi) is 5.49. The van der Waals surface area contributed by atoms with Gasteiger partial charge in [0.05, 0.1) is 12.5 Å². The number of hydrogen-bond donors (Lipinski definition) is 1. The van der Waals surface area contributed by atoms with E-state index >= 15 is 0 Å². The summed E-state index contributed by atoms with van der Waals surface area (Å²) in [7, 11) is 0. The molecule has 4 heteroatoms. The summed E-state index contributed by atoms with van der Waals surface area (Å²) in [4.78, 5) is 13.9. The number of likely N-dealkylation sites (tertiary alicyclic amines) is 1. The van der Waals surface area contributed by atoms with Crippen molar-refractivity contribution in [1.82, 2.24) is 4.90 Å². The number of carbonyl (C=O) groups excluding carboxylic acids is 1. The first kappa shape index (κ1) is 16.5. The molecule has 1 fully saturated rings. The predicted octanol–water partition coefficient (Wildman–Crippen LogP) is 3.31. The van der Waals surface area contributed by atoms with Gasteiger partial charge in [0.2, 0.25) is 5.91 Å². The highest BCUT2D eigenvalue weighted by atomic mass is 16.5. The van der Waals surface area contributed by atoms with E-state index in [1.165, 1.54) is 0 Å². The van der Waals surface area contributed by atoms with Crippen molar-refractivity contribution in [3.8, 4) is 5.75 Å². The molecule has 24 heavy (non-hydrogen) atoms. The van der Waals surface area contributed by atoms with Gasteiger partial charge >= 0.3 is 0 Å². The van der Waals surface area contributed by atoms with E-state index in [0.717, 1.165) is 42.8 Å². The van der Waals surface area contributed by atoms with Crippen LogP contribution in [0.25, 0.3) is 0 Å². The molecule has 1 saturated heterocycles. The van der Waals surface area contributed by atoms with E-state index in [-0.39, 0.29) is 12.3 Å². The Hall–Kier alpha value is -2.33. The van der Waals surface area contributed by atoms with Crippen LogP contribution in [-0.2, 0) is 11.4 Å². The Morgan fingerprint density at radius 3 is 2.38 bits per heavy atom. The van der Waals surface area contributed by atoms with Gasteiger partial charge in [-0.15, -0.1) is 0 Å². The van der Waals surface area contributed by atoms with Gasteiger partial charge in [0, 0.05) is 13.1 Å². The third-order valence-corrected chi connectivity index (χ3v) is 4.34. The average molecular weight is 325 g/mol. The number of nitrogens with zero attached hydrogens (tertiary/aromatic N) is 1. The number of aliphatic hydroxyl groups excluding tert-OH is 1. The highest BCUT2D eigenvalue weighted by Crippen LogP contribution is 2.22. The second-order valence-electron chi connectivity index (χ2n) is 6.15. The first-order valence-electron chi connectivity index (χ1n) is 8.45. The number of aliphatic hydroxyl groups is 1. The normalized spacial score (nSPS) is 15.3. The molecule has 0 aliphatic carbocycles. The summed E-state index contributed by atoms with van der Waals surface area (Å²) in [5, 5.41) is 10.3. The van der Waals surface area contributed by atoms with Gasteiger partial charge < -0.3 is 14.7 Å². The maximum absolute atomic E-state index is 12.1. The monoisotopic (exact) mass is 325 g/mol. The van der Waals surface area contributed by atoms with Crippen molar-refractivity contribution in [3.05, 3.63) is 65.7 Å². The second-order valence-corrected chi connectivity index (χ2v) is 6.15. The molecule has 1 aliphatic heterocycles. The van der Waals surface area contributed by atoms with Crippen molar-refractivity contribution in [2.75, 3.05) is 13.1 Å². The van der Waals surface area contributed by atoms with Crippen molar-refractivity contribution in [1.29, 1.82) is 0 Å². The number of benzene rings is 2. The smallest absolute Gasteiger partial charge is 0.225 e. The molecule has 0 saturated carbocycles. The minimum atomic E-state index is -0.763. The van der Waals surface area contributed by atoms with Gasteiger partial charge in [0.1, 0.15) is 12.4 Å². The molecule has 2 aromatic carbocycles. The Bertz CT molecular complexity index is 648. The van der Waals surface area contributed by atoms with Crippen LogP contribution < -0.4 is 4.74 Å². The minimum absolute atomic E-state index is 0.0319. The third-order valence-electron chi connectivity index (χ3n) is 4.34. The van der Waals surface area contributed by atoms with E-state index in [1.807, 2.05) is 59.5 Å². The molecular weight excluding hydrogens is 302 g/mol. The minimum Gasteiger partial charge on any atom is -0.489 e. The van der Waals surface area contributed by atoms with Crippen LogP contribution in [0.1, 0.15) is 36.5 Å². The van der Waals surface area contributed by atoms with Gasteiger partial charge in [0.15, 0.2) is 0 Å².